The third-order valence-corrected chi connectivity index (χ3v) is 1.42. The minimum Gasteiger partial charge on any atom is -0.306 e. The van der Waals surface area contributed by atoms with Gasteiger partial charge in [0.1, 0.15) is 0 Å². The van der Waals surface area contributed by atoms with Gasteiger partial charge in [-0.15, -0.1) is 24.8 Å². The van der Waals surface area contributed by atoms with Crippen LogP contribution in [0.15, 0.2) is 29.1 Å². The molecule has 0 unspecified atom stereocenters. The van der Waals surface area contributed by atoms with Crippen LogP contribution in [0.2, 0.25) is 0 Å². The van der Waals surface area contributed by atoms with Crippen molar-refractivity contribution in [2.24, 2.45) is 0 Å². The monoisotopic (exact) mass is 206 g/mol. The van der Waals surface area contributed by atoms with Crippen LogP contribution >= 0.6 is 24.8 Å². The second-order valence-corrected chi connectivity index (χ2v) is 2.12. The first-order valence-corrected chi connectivity index (χ1v) is 3.03. The van der Waals surface area contributed by atoms with Crippen LogP contribution in [0.1, 0.15) is 0 Å². The van der Waals surface area contributed by atoms with Gasteiger partial charge in [0.05, 0.1) is 11.0 Å². The number of aromatic nitrogens is 2. The van der Waals surface area contributed by atoms with Crippen LogP contribution in [0.5, 0.6) is 0 Å². The number of nitrogens with one attached hydrogen (secondary N) is 2. The van der Waals surface area contributed by atoms with Gasteiger partial charge in [0.15, 0.2) is 0 Å². The van der Waals surface area contributed by atoms with Gasteiger partial charge in [0.2, 0.25) is 0 Å². The van der Waals surface area contributed by atoms with Gasteiger partial charge in [-0.2, -0.15) is 0 Å². The fourth-order valence-electron chi connectivity index (χ4n) is 0.977. The van der Waals surface area contributed by atoms with E-state index in [1.807, 2.05) is 24.3 Å². The largest absolute Gasteiger partial charge is 0.323 e. The molecule has 1 heterocycles. The molecule has 0 saturated carbocycles. The normalized spacial score (nSPS) is 8.67. The summed E-state index contributed by atoms with van der Waals surface area (Å²) in [5, 5.41) is 0. The van der Waals surface area contributed by atoms with Gasteiger partial charge >= 0.3 is 5.69 Å². The number of H-pyrrole nitrogens is 2. The molecule has 3 nitrogen and oxygen atoms in total. The highest BCUT2D eigenvalue weighted by Crippen LogP contribution is 2.03. The molecule has 0 fully saturated rings. The molecule has 12 heavy (non-hydrogen) atoms. The van der Waals surface area contributed by atoms with E-state index in [2.05, 4.69) is 9.97 Å². The number of rotatable bonds is 0. The maximum absolute atomic E-state index is 10.7. The van der Waals surface area contributed by atoms with Gasteiger partial charge < -0.3 is 9.97 Å². The number of halogens is 2. The molecular weight excluding hydrogens is 199 g/mol. The minimum absolute atomic E-state index is 0. The van der Waals surface area contributed by atoms with Gasteiger partial charge in [-0.3, -0.25) is 0 Å². The van der Waals surface area contributed by atoms with Gasteiger partial charge in [-0.1, -0.05) is 12.1 Å². The second-order valence-electron chi connectivity index (χ2n) is 2.12. The average Bonchev–Trinajstić information content (AvgIpc) is 2.27. The zero-order valence-corrected chi connectivity index (χ0v) is 7.67. The van der Waals surface area contributed by atoms with E-state index in [1.54, 1.807) is 0 Å². The van der Waals surface area contributed by atoms with Crippen molar-refractivity contribution in [3.8, 4) is 0 Å². The maximum atomic E-state index is 10.7. The Balaban J connectivity index is 0.000000605. The van der Waals surface area contributed by atoms with E-state index in [-0.39, 0.29) is 30.5 Å². The topological polar surface area (TPSA) is 48.6 Å². The molecule has 0 bridgehead atoms. The quantitative estimate of drug-likeness (QED) is 0.678. The molecule has 0 saturated heterocycles. The molecule has 2 aromatic rings. The molecule has 0 aliphatic carbocycles. The second kappa shape index (κ2) is 4.18. The highest BCUT2D eigenvalue weighted by Gasteiger charge is 1.92. The minimum atomic E-state index is -0.152. The molecule has 0 amide bonds. The summed E-state index contributed by atoms with van der Waals surface area (Å²) in [7, 11) is 0. The smallest absolute Gasteiger partial charge is 0.306 e. The zero-order valence-electron chi connectivity index (χ0n) is 6.03. The Kier molecular flexibility index (Phi) is 3.86. The van der Waals surface area contributed by atoms with Crippen LogP contribution in [0, 0.1) is 0 Å². The predicted molar refractivity (Wildman–Crippen MR) is 53.4 cm³/mol. The highest BCUT2D eigenvalue weighted by molar-refractivity contribution is 5.85. The Hall–Kier alpha value is -0.930. The summed E-state index contributed by atoms with van der Waals surface area (Å²) in [5.41, 5.74) is 1.56. The number of benzene rings is 1. The van der Waals surface area contributed by atoms with E-state index in [0.717, 1.165) is 11.0 Å². The van der Waals surface area contributed by atoms with Crippen LogP contribution in [0.4, 0.5) is 0 Å². The molecule has 0 spiro atoms. The number of fused-ring (bicyclic) bond motifs is 1. The average molecular weight is 207 g/mol. The van der Waals surface area contributed by atoms with E-state index in [9.17, 15) is 4.79 Å². The molecular formula is C7H8Cl2N2O. The standard InChI is InChI=1S/C7H6N2O.2ClH/c10-7-8-5-3-1-2-4-6(5)9-7;;/h1-4H,(H2,8,9,10);2*1H. The predicted octanol–water partition coefficient (Wildman–Crippen LogP) is 1.70. The summed E-state index contributed by atoms with van der Waals surface area (Å²) in [6, 6.07) is 7.47. The summed E-state index contributed by atoms with van der Waals surface area (Å²) in [4.78, 5) is 16.0. The number of para-hydroxylation sites is 2. The summed E-state index contributed by atoms with van der Waals surface area (Å²) in [6.07, 6.45) is 0. The van der Waals surface area contributed by atoms with E-state index >= 15 is 0 Å². The molecule has 0 radical (unpaired) electrons. The Morgan fingerprint density at radius 1 is 0.917 bits per heavy atom. The first-order valence-electron chi connectivity index (χ1n) is 3.03. The van der Waals surface area contributed by atoms with Crippen LogP contribution in [0.3, 0.4) is 0 Å². The van der Waals surface area contributed by atoms with E-state index in [4.69, 9.17) is 0 Å². The van der Waals surface area contributed by atoms with Gasteiger partial charge in [-0.25, -0.2) is 4.79 Å². The summed E-state index contributed by atoms with van der Waals surface area (Å²) in [5.74, 6) is 0. The van der Waals surface area contributed by atoms with E-state index < -0.39 is 0 Å². The molecule has 2 rings (SSSR count). The lowest BCUT2D eigenvalue weighted by molar-refractivity contribution is 1.22. The van der Waals surface area contributed by atoms with Gasteiger partial charge in [-0.05, 0) is 12.1 Å². The number of aromatic amines is 2. The zero-order chi connectivity index (χ0) is 6.97. The molecule has 5 heteroatoms. The first kappa shape index (κ1) is 11.1. The fourth-order valence-corrected chi connectivity index (χ4v) is 0.977. The first-order chi connectivity index (χ1) is 4.86. The lowest BCUT2D eigenvalue weighted by atomic mass is 10.3. The van der Waals surface area contributed by atoms with Gasteiger partial charge in [0, 0.05) is 0 Å². The van der Waals surface area contributed by atoms with Crippen molar-refractivity contribution in [2.45, 2.75) is 0 Å². The van der Waals surface area contributed by atoms with Crippen molar-refractivity contribution in [3.05, 3.63) is 34.7 Å². The van der Waals surface area contributed by atoms with Crippen molar-refractivity contribution in [3.63, 3.8) is 0 Å². The number of hydrogen-bond acceptors (Lipinski definition) is 1. The van der Waals surface area contributed by atoms with Crippen LogP contribution in [-0.4, -0.2) is 9.97 Å². The third-order valence-electron chi connectivity index (χ3n) is 1.42. The molecule has 66 valence electrons. The molecule has 0 atom stereocenters. The lowest BCUT2D eigenvalue weighted by Gasteiger charge is -1.81. The van der Waals surface area contributed by atoms with Gasteiger partial charge in [0.25, 0.3) is 0 Å². The molecule has 0 aliphatic rings. The molecule has 1 aromatic carbocycles. The fraction of sp³-hybridized carbons (Fsp3) is 0. The lowest BCUT2D eigenvalue weighted by Crippen LogP contribution is -1.99. The van der Waals surface area contributed by atoms with E-state index in [0.29, 0.717) is 0 Å². The molecule has 0 aliphatic heterocycles. The SMILES string of the molecule is Cl.Cl.O=c1[nH]c2ccccc2[nH]1. The summed E-state index contributed by atoms with van der Waals surface area (Å²) >= 11 is 0. The summed E-state index contributed by atoms with van der Waals surface area (Å²) in [6.45, 7) is 0. The van der Waals surface area contributed by atoms with Crippen LogP contribution < -0.4 is 5.69 Å². The Labute approximate surface area is 81.0 Å². The van der Waals surface area contributed by atoms with Crippen molar-refractivity contribution >= 4 is 35.8 Å². The van der Waals surface area contributed by atoms with Crippen molar-refractivity contribution in [1.82, 2.24) is 9.97 Å². The highest BCUT2D eigenvalue weighted by atomic mass is 35.5. The Morgan fingerprint density at radius 2 is 1.33 bits per heavy atom. The van der Waals surface area contributed by atoms with Crippen LogP contribution in [0.25, 0.3) is 11.0 Å². The number of hydrogen-bond donors (Lipinski definition) is 2. The van der Waals surface area contributed by atoms with Crippen molar-refractivity contribution in [1.29, 1.82) is 0 Å². The Morgan fingerprint density at radius 3 is 1.75 bits per heavy atom. The Bertz CT molecular complexity index is 371. The number of imidazole rings is 1. The van der Waals surface area contributed by atoms with E-state index in [1.165, 1.54) is 0 Å². The van der Waals surface area contributed by atoms with Crippen LogP contribution in [-0.2, 0) is 0 Å². The molecule has 1 aromatic heterocycles. The molecule has 2 N–H and O–H groups in total. The third kappa shape index (κ3) is 1.81. The maximum Gasteiger partial charge on any atom is 0.323 e. The van der Waals surface area contributed by atoms with Crippen molar-refractivity contribution < 1.29 is 0 Å². The van der Waals surface area contributed by atoms with Crippen molar-refractivity contribution in [2.75, 3.05) is 0 Å². The summed E-state index contributed by atoms with van der Waals surface area (Å²) < 4.78 is 0.